The van der Waals surface area contributed by atoms with Crippen LogP contribution in [0.4, 0.5) is 17.1 Å². The molecule has 0 aliphatic rings. The maximum atomic E-state index is 6.50. The van der Waals surface area contributed by atoms with Crippen LogP contribution in [0.25, 0.3) is 76.9 Å². The highest BCUT2D eigenvalue weighted by Crippen LogP contribution is 2.49. The first kappa shape index (κ1) is 30.0. The van der Waals surface area contributed by atoms with E-state index in [2.05, 4.69) is 193 Å². The molecule has 0 radical (unpaired) electrons. The van der Waals surface area contributed by atoms with Gasteiger partial charge in [-0.15, -0.1) is 0 Å². The van der Waals surface area contributed by atoms with Gasteiger partial charge in [0.25, 0.3) is 0 Å². The molecule has 2 nitrogen and oxygen atoms in total. The van der Waals surface area contributed by atoms with E-state index in [0.29, 0.717) is 0 Å². The van der Waals surface area contributed by atoms with Crippen LogP contribution >= 0.6 is 0 Å². The molecule has 0 atom stereocenters. The van der Waals surface area contributed by atoms with Gasteiger partial charge in [-0.05, 0) is 86.3 Å². The van der Waals surface area contributed by atoms with Crippen molar-refractivity contribution < 1.29 is 4.42 Å². The van der Waals surface area contributed by atoms with Crippen molar-refractivity contribution in [2.45, 2.75) is 0 Å². The minimum absolute atomic E-state index is 0.860. The summed E-state index contributed by atoms with van der Waals surface area (Å²) >= 11 is 0. The molecule has 0 fully saturated rings. The molecule has 1 heterocycles. The third-order valence-corrected chi connectivity index (χ3v) is 10.2. The summed E-state index contributed by atoms with van der Waals surface area (Å²) in [6.07, 6.45) is 0. The van der Waals surface area contributed by atoms with Crippen LogP contribution in [0.2, 0.25) is 0 Å². The lowest BCUT2D eigenvalue weighted by atomic mass is 9.89. The first-order valence-electron chi connectivity index (χ1n) is 17.8. The summed E-state index contributed by atoms with van der Waals surface area (Å²) in [5, 5.41) is 7.10. The average molecular weight is 664 g/mol. The topological polar surface area (TPSA) is 16.4 Å². The van der Waals surface area contributed by atoms with Gasteiger partial charge in [-0.3, -0.25) is 0 Å². The lowest BCUT2D eigenvalue weighted by molar-refractivity contribution is 0.669. The summed E-state index contributed by atoms with van der Waals surface area (Å²) in [6, 6.07) is 71.9. The highest BCUT2D eigenvalue weighted by Gasteiger charge is 2.24. The SMILES string of the molecule is c1ccc(-c2ccccc2N(c2ccc3c(c2)oc2ccccc23)c2cccc(-c3ccc4ccccc4c3)c2-c2ccc3ccccc3c2)cc1. The van der Waals surface area contributed by atoms with Gasteiger partial charge >= 0.3 is 0 Å². The van der Waals surface area contributed by atoms with Gasteiger partial charge in [0.05, 0.1) is 11.4 Å². The fourth-order valence-electron chi connectivity index (χ4n) is 7.76. The zero-order valence-corrected chi connectivity index (χ0v) is 28.4. The van der Waals surface area contributed by atoms with E-state index in [4.69, 9.17) is 4.42 Å². The summed E-state index contributed by atoms with van der Waals surface area (Å²) in [5.74, 6) is 0. The number of hydrogen-bond acceptors (Lipinski definition) is 2. The van der Waals surface area contributed by atoms with Crippen molar-refractivity contribution in [3.63, 3.8) is 0 Å². The van der Waals surface area contributed by atoms with Crippen LogP contribution in [-0.2, 0) is 0 Å². The number of furan rings is 1. The lowest BCUT2D eigenvalue weighted by Crippen LogP contribution is -2.13. The van der Waals surface area contributed by atoms with Crippen LogP contribution in [0.5, 0.6) is 0 Å². The predicted octanol–water partition coefficient (Wildman–Crippen LogP) is 14.4. The number of fused-ring (bicyclic) bond motifs is 5. The second-order valence-electron chi connectivity index (χ2n) is 13.3. The molecule has 52 heavy (non-hydrogen) atoms. The van der Waals surface area contributed by atoms with E-state index < -0.39 is 0 Å². The molecule has 244 valence electrons. The van der Waals surface area contributed by atoms with Crippen molar-refractivity contribution in [1.82, 2.24) is 0 Å². The fourth-order valence-corrected chi connectivity index (χ4v) is 7.76. The van der Waals surface area contributed by atoms with E-state index in [1.165, 1.54) is 32.7 Å². The molecule has 10 rings (SSSR count). The number of nitrogens with zero attached hydrogens (tertiary/aromatic N) is 1. The van der Waals surface area contributed by atoms with Crippen molar-refractivity contribution >= 4 is 60.5 Å². The normalized spacial score (nSPS) is 11.5. The molecule has 0 bridgehead atoms. The molecule has 9 aromatic carbocycles. The van der Waals surface area contributed by atoms with Gasteiger partial charge in [-0.25, -0.2) is 0 Å². The lowest BCUT2D eigenvalue weighted by Gasteiger charge is -2.31. The number of anilines is 3. The molecule has 0 unspecified atom stereocenters. The van der Waals surface area contributed by atoms with E-state index in [-0.39, 0.29) is 0 Å². The second kappa shape index (κ2) is 12.5. The third-order valence-electron chi connectivity index (χ3n) is 10.2. The van der Waals surface area contributed by atoms with Crippen LogP contribution in [0.15, 0.2) is 205 Å². The molecular weight excluding hydrogens is 631 g/mol. The molecule has 1 aromatic heterocycles. The molecule has 0 N–H and O–H groups in total. The summed E-state index contributed by atoms with van der Waals surface area (Å²) in [6.45, 7) is 0. The molecular formula is C50H33NO. The summed E-state index contributed by atoms with van der Waals surface area (Å²) in [5.41, 5.74) is 11.9. The monoisotopic (exact) mass is 663 g/mol. The maximum Gasteiger partial charge on any atom is 0.137 e. The maximum absolute atomic E-state index is 6.50. The number of hydrogen-bond donors (Lipinski definition) is 0. The predicted molar refractivity (Wildman–Crippen MR) is 220 cm³/mol. The fraction of sp³-hybridized carbons (Fsp3) is 0. The van der Waals surface area contributed by atoms with Crippen LogP contribution in [0, 0.1) is 0 Å². The smallest absolute Gasteiger partial charge is 0.137 e. The Bertz CT molecular complexity index is 2920. The Morgan fingerprint density at radius 1 is 0.327 bits per heavy atom. The van der Waals surface area contributed by atoms with Crippen LogP contribution in [0.1, 0.15) is 0 Å². The zero-order valence-electron chi connectivity index (χ0n) is 28.4. The van der Waals surface area contributed by atoms with Gasteiger partial charge in [-0.1, -0.05) is 152 Å². The van der Waals surface area contributed by atoms with E-state index in [0.717, 1.165) is 61.3 Å². The Morgan fingerprint density at radius 3 is 1.73 bits per heavy atom. The zero-order chi connectivity index (χ0) is 34.4. The Labute approximate surface area is 302 Å². The van der Waals surface area contributed by atoms with Gasteiger partial charge in [-0.2, -0.15) is 0 Å². The Morgan fingerprint density at radius 2 is 0.923 bits per heavy atom. The van der Waals surface area contributed by atoms with Crippen molar-refractivity contribution in [3.05, 3.63) is 200 Å². The average Bonchev–Trinajstić information content (AvgIpc) is 3.59. The minimum atomic E-state index is 0.860. The Kier molecular flexibility index (Phi) is 7.18. The van der Waals surface area contributed by atoms with Crippen LogP contribution < -0.4 is 4.90 Å². The second-order valence-corrected chi connectivity index (χ2v) is 13.3. The van der Waals surface area contributed by atoms with Gasteiger partial charge in [0, 0.05) is 33.7 Å². The van der Waals surface area contributed by atoms with Crippen molar-refractivity contribution in [2.75, 3.05) is 4.90 Å². The standard InChI is InChI=1S/C50H33NO/c1-2-15-36(16-3-1)42-19-8-10-22-46(42)51(41-29-30-45-44-20-9-11-24-48(44)52-49(45)33-41)47-23-12-21-43(39-27-25-34-13-4-6-17-37(34)31-39)50(47)40-28-26-35-14-5-7-18-38(35)32-40/h1-33H. The first-order valence-corrected chi connectivity index (χ1v) is 17.8. The van der Waals surface area contributed by atoms with E-state index in [9.17, 15) is 0 Å². The summed E-state index contributed by atoms with van der Waals surface area (Å²) < 4.78 is 6.50. The van der Waals surface area contributed by atoms with E-state index in [1.54, 1.807) is 0 Å². The first-order chi connectivity index (χ1) is 25.8. The number of rotatable bonds is 6. The summed E-state index contributed by atoms with van der Waals surface area (Å²) in [7, 11) is 0. The quantitative estimate of drug-likeness (QED) is 0.176. The highest BCUT2D eigenvalue weighted by molar-refractivity contribution is 6.07. The highest BCUT2D eigenvalue weighted by atomic mass is 16.3. The van der Waals surface area contributed by atoms with Crippen LogP contribution in [-0.4, -0.2) is 0 Å². The number of para-hydroxylation sites is 2. The minimum Gasteiger partial charge on any atom is -0.456 e. The van der Waals surface area contributed by atoms with Gasteiger partial charge in [0.1, 0.15) is 11.2 Å². The molecule has 0 aliphatic carbocycles. The van der Waals surface area contributed by atoms with Crippen molar-refractivity contribution in [2.24, 2.45) is 0 Å². The van der Waals surface area contributed by atoms with Gasteiger partial charge in [0.2, 0.25) is 0 Å². The Balaban J connectivity index is 1.29. The van der Waals surface area contributed by atoms with Gasteiger partial charge < -0.3 is 9.32 Å². The van der Waals surface area contributed by atoms with E-state index in [1.807, 2.05) is 12.1 Å². The van der Waals surface area contributed by atoms with Crippen molar-refractivity contribution in [3.8, 4) is 33.4 Å². The molecule has 2 heteroatoms. The van der Waals surface area contributed by atoms with E-state index >= 15 is 0 Å². The molecule has 0 saturated heterocycles. The van der Waals surface area contributed by atoms with Crippen LogP contribution in [0.3, 0.4) is 0 Å². The molecule has 0 aliphatic heterocycles. The molecule has 10 aromatic rings. The van der Waals surface area contributed by atoms with Crippen molar-refractivity contribution in [1.29, 1.82) is 0 Å². The molecule has 0 spiro atoms. The molecule has 0 amide bonds. The number of benzene rings is 9. The Hall–Kier alpha value is -6.90. The van der Waals surface area contributed by atoms with Gasteiger partial charge in [0.15, 0.2) is 0 Å². The third kappa shape index (κ3) is 5.12. The summed E-state index contributed by atoms with van der Waals surface area (Å²) in [4.78, 5) is 2.42. The molecule has 0 saturated carbocycles. The largest absolute Gasteiger partial charge is 0.456 e.